The SMILES string of the molecule is COC(=O)C(CC1(C)CCCCC1)(N=C(c1ccccc1)c1ccccc1-c1ccccc1)c1ccc(C)cc1. The zero-order chi connectivity index (χ0) is 28.0. The van der Waals surface area contributed by atoms with Crippen LogP contribution in [0.2, 0.25) is 0 Å². The average Bonchev–Trinajstić information content (AvgIpc) is 3.00. The number of nitrogens with zero attached hydrogens (tertiary/aromatic N) is 1. The van der Waals surface area contributed by atoms with Crippen molar-refractivity contribution in [1.29, 1.82) is 0 Å². The van der Waals surface area contributed by atoms with E-state index >= 15 is 0 Å². The van der Waals surface area contributed by atoms with E-state index in [-0.39, 0.29) is 11.4 Å². The lowest BCUT2D eigenvalue weighted by Crippen LogP contribution is -2.42. The summed E-state index contributed by atoms with van der Waals surface area (Å²) < 4.78 is 5.63. The van der Waals surface area contributed by atoms with Gasteiger partial charge in [0, 0.05) is 11.1 Å². The van der Waals surface area contributed by atoms with Gasteiger partial charge in [-0.25, -0.2) is 4.79 Å². The van der Waals surface area contributed by atoms with Gasteiger partial charge >= 0.3 is 5.97 Å². The van der Waals surface area contributed by atoms with Crippen LogP contribution in [0.15, 0.2) is 114 Å². The third-order valence-corrected chi connectivity index (χ3v) is 8.41. The van der Waals surface area contributed by atoms with E-state index in [4.69, 9.17) is 9.73 Å². The van der Waals surface area contributed by atoms with Crippen molar-refractivity contribution in [3.8, 4) is 11.1 Å². The second-order valence-electron chi connectivity index (χ2n) is 11.5. The quantitative estimate of drug-likeness (QED) is 0.169. The Morgan fingerprint density at radius 3 is 2.05 bits per heavy atom. The van der Waals surface area contributed by atoms with Gasteiger partial charge in [-0.15, -0.1) is 0 Å². The van der Waals surface area contributed by atoms with Crippen molar-refractivity contribution in [2.45, 2.75) is 57.9 Å². The molecule has 1 fully saturated rings. The molecule has 0 amide bonds. The molecule has 0 heterocycles. The van der Waals surface area contributed by atoms with Crippen LogP contribution >= 0.6 is 0 Å². The van der Waals surface area contributed by atoms with Crippen molar-refractivity contribution in [2.75, 3.05) is 7.11 Å². The minimum atomic E-state index is -1.19. The van der Waals surface area contributed by atoms with Gasteiger partial charge in [0.1, 0.15) is 0 Å². The van der Waals surface area contributed by atoms with Crippen LogP contribution in [0.1, 0.15) is 67.7 Å². The normalized spacial score (nSPS) is 16.6. The molecule has 3 heteroatoms. The first-order chi connectivity index (χ1) is 19.4. The molecule has 5 rings (SSSR count). The molecule has 1 unspecified atom stereocenters. The van der Waals surface area contributed by atoms with Gasteiger partial charge in [0.05, 0.1) is 12.8 Å². The lowest BCUT2D eigenvalue weighted by Gasteiger charge is -2.41. The molecule has 204 valence electrons. The standard InChI is InChI=1S/C37H39NO2/c1-28-21-23-31(24-22-28)37(35(39)40-3,27-36(2)25-13-6-14-26-36)38-34(30-17-9-5-10-18-30)33-20-12-11-19-32(33)29-15-7-4-8-16-29/h4-5,7-12,15-24H,6,13-14,25-27H2,1-3H3. The van der Waals surface area contributed by atoms with Gasteiger partial charge in [0.25, 0.3) is 0 Å². The van der Waals surface area contributed by atoms with Crippen molar-refractivity contribution in [1.82, 2.24) is 0 Å². The Labute approximate surface area is 239 Å². The molecular formula is C37H39NO2. The van der Waals surface area contributed by atoms with E-state index < -0.39 is 5.54 Å². The molecule has 4 aromatic carbocycles. The lowest BCUT2D eigenvalue weighted by atomic mass is 9.66. The number of carbonyl (C=O) groups is 1. The van der Waals surface area contributed by atoms with Crippen LogP contribution in [0.5, 0.6) is 0 Å². The van der Waals surface area contributed by atoms with Crippen LogP contribution in [0.25, 0.3) is 11.1 Å². The fourth-order valence-electron chi connectivity index (χ4n) is 6.27. The molecule has 3 nitrogen and oxygen atoms in total. The monoisotopic (exact) mass is 529 g/mol. The topological polar surface area (TPSA) is 38.7 Å². The van der Waals surface area contributed by atoms with Crippen LogP contribution in [0, 0.1) is 12.3 Å². The molecule has 4 aromatic rings. The number of rotatable bonds is 8. The number of ether oxygens (including phenoxy) is 1. The molecule has 0 aromatic heterocycles. The van der Waals surface area contributed by atoms with Crippen molar-refractivity contribution < 1.29 is 9.53 Å². The zero-order valence-electron chi connectivity index (χ0n) is 23.9. The van der Waals surface area contributed by atoms with Crippen LogP contribution < -0.4 is 0 Å². The van der Waals surface area contributed by atoms with E-state index in [9.17, 15) is 4.79 Å². The second-order valence-corrected chi connectivity index (χ2v) is 11.5. The Kier molecular flexibility index (Phi) is 8.30. The number of hydrogen-bond donors (Lipinski definition) is 0. The molecule has 0 spiro atoms. The largest absolute Gasteiger partial charge is 0.467 e. The molecule has 1 aliphatic carbocycles. The molecule has 1 saturated carbocycles. The summed E-state index contributed by atoms with van der Waals surface area (Å²) in [6.45, 7) is 4.40. The number of aryl methyl sites for hydroxylation is 1. The Hall–Kier alpha value is -3.98. The second kappa shape index (κ2) is 12.0. The van der Waals surface area contributed by atoms with Gasteiger partial charge in [-0.05, 0) is 48.3 Å². The van der Waals surface area contributed by atoms with E-state index in [1.165, 1.54) is 26.4 Å². The summed E-state index contributed by atoms with van der Waals surface area (Å²) in [5.74, 6) is -0.311. The first-order valence-corrected chi connectivity index (χ1v) is 14.4. The molecule has 0 aliphatic heterocycles. The predicted octanol–water partition coefficient (Wildman–Crippen LogP) is 8.93. The van der Waals surface area contributed by atoms with Crippen LogP contribution in [-0.4, -0.2) is 18.8 Å². The highest BCUT2D eigenvalue weighted by Gasteiger charge is 2.47. The highest BCUT2D eigenvalue weighted by molar-refractivity contribution is 6.17. The number of hydrogen-bond acceptors (Lipinski definition) is 3. The number of methoxy groups -OCH3 is 1. The number of benzene rings is 4. The van der Waals surface area contributed by atoms with Crippen LogP contribution in [0.4, 0.5) is 0 Å². The molecule has 0 N–H and O–H groups in total. The number of carbonyl (C=O) groups excluding carboxylic acids is 1. The van der Waals surface area contributed by atoms with Crippen LogP contribution in [0.3, 0.4) is 0 Å². The Morgan fingerprint density at radius 1 is 0.800 bits per heavy atom. The van der Waals surface area contributed by atoms with Crippen molar-refractivity contribution in [3.05, 3.63) is 131 Å². The summed E-state index contributed by atoms with van der Waals surface area (Å²) in [5, 5.41) is 0. The maximum Gasteiger partial charge on any atom is 0.338 e. The third kappa shape index (κ3) is 5.79. The highest BCUT2D eigenvalue weighted by atomic mass is 16.5. The minimum absolute atomic E-state index is 0.0262. The smallest absolute Gasteiger partial charge is 0.338 e. The zero-order valence-corrected chi connectivity index (χ0v) is 23.9. The van der Waals surface area contributed by atoms with Crippen molar-refractivity contribution >= 4 is 11.7 Å². The first kappa shape index (κ1) is 27.6. The molecular weight excluding hydrogens is 490 g/mol. The molecule has 1 atom stereocenters. The average molecular weight is 530 g/mol. The van der Waals surface area contributed by atoms with Gasteiger partial charge < -0.3 is 4.74 Å². The van der Waals surface area contributed by atoms with Gasteiger partial charge in [-0.1, -0.05) is 141 Å². The molecule has 0 radical (unpaired) electrons. The van der Waals surface area contributed by atoms with Crippen LogP contribution in [-0.2, 0) is 15.1 Å². The number of aliphatic imine (C=N–C) groups is 1. The van der Waals surface area contributed by atoms with Gasteiger partial charge in [-0.3, -0.25) is 4.99 Å². The maximum absolute atomic E-state index is 14.2. The Bertz CT molecular complexity index is 1450. The van der Waals surface area contributed by atoms with E-state index in [0.717, 1.165) is 51.9 Å². The number of esters is 1. The Morgan fingerprint density at radius 2 is 1.40 bits per heavy atom. The summed E-state index contributed by atoms with van der Waals surface area (Å²) in [6, 6.07) is 37.3. The summed E-state index contributed by atoms with van der Waals surface area (Å²) in [5.41, 5.74) is 5.76. The molecule has 1 aliphatic rings. The first-order valence-electron chi connectivity index (χ1n) is 14.4. The molecule has 0 bridgehead atoms. The van der Waals surface area contributed by atoms with E-state index in [2.05, 4.69) is 92.7 Å². The highest BCUT2D eigenvalue weighted by Crippen LogP contribution is 2.48. The summed E-state index contributed by atoms with van der Waals surface area (Å²) in [7, 11) is 1.49. The Balaban J connectivity index is 1.81. The van der Waals surface area contributed by atoms with E-state index in [1.54, 1.807) is 0 Å². The van der Waals surface area contributed by atoms with Crippen molar-refractivity contribution in [3.63, 3.8) is 0 Å². The van der Waals surface area contributed by atoms with Gasteiger partial charge in [0.2, 0.25) is 0 Å². The van der Waals surface area contributed by atoms with Gasteiger partial charge in [0.15, 0.2) is 5.54 Å². The molecule has 40 heavy (non-hydrogen) atoms. The maximum atomic E-state index is 14.2. The van der Waals surface area contributed by atoms with Gasteiger partial charge in [-0.2, -0.15) is 0 Å². The summed E-state index contributed by atoms with van der Waals surface area (Å²) in [6.07, 6.45) is 6.35. The summed E-state index contributed by atoms with van der Waals surface area (Å²) >= 11 is 0. The lowest BCUT2D eigenvalue weighted by molar-refractivity contribution is -0.149. The third-order valence-electron chi connectivity index (χ3n) is 8.41. The fourth-order valence-corrected chi connectivity index (χ4v) is 6.27. The fraction of sp³-hybridized carbons (Fsp3) is 0.297. The molecule has 0 saturated heterocycles. The van der Waals surface area contributed by atoms with E-state index in [0.29, 0.717) is 6.42 Å². The summed E-state index contributed by atoms with van der Waals surface area (Å²) in [4.78, 5) is 19.7. The predicted molar refractivity (Wildman–Crippen MR) is 165 cm³/mol. The minimum Gasteiger partial charge on any atom is -0.467 e. The van der Waals surface area contributed by atoms with E-state index in [1.807, 2.05) is 30.3 Å². The van der Waals surface area contributed by atoms with Crippen molar-refractivity contribution in [2.24, 2.45) is 10.4 Å².